The molecule has 0 aromatic heterocycles. The number of hydrogen-bond acceptors (Lipinski definition) is 2. The molecule has 1 aliphatic rings. The summed E-state index contributed by atoms with van der Waals surface area (Å²) in [4.78, 5) is 0. The Morgan fingerprint density at radius 3 is 2.82 bits per heavy atom. The number of halogens is 1. The van der Waals surface area contributed by atoms with Gasteiger partial charge in [0.1, 0.15) is 5.82 Å². The largest absolute Gasteiger partial charge is 0.317 e. The van der Waals surface area contributed by atoms with Crippen LogP contribution in [0.25, 0.3) is 0 Å². The van der Waals surface area contributed by atoms with E-state index in [0.29, 0.717) is 6.04 Å². The Kier molecular flexibility index (Phi) is 6.16. The van der Waals surface area contributed by atoms with Crippen molar-refractivity contribution in [3.63, 3.8) is 0 Å². The first kappa shape index (κ1) is 14.1. The van der Waals surface area contributed by atoms with Gasteiger partial charge in [-0.15, -0.1) is 0 Å². The van der Waals surface area contributed by atoms with Gasteiger partial charge in [0, 0.05) is 13.5 Å². The van der Waals surface area contributed by atoms with Gasteiger partial charge in [0.2, 0.25) is 0 Å². The second-order valence-electron chi connectivity index (χ2n) is 4.07. The molecule has 0 saturated carbocycles. The van der Waals surface area contributed by atoms with Gasteiger partial charge in [-0.1, -0.05) is 26.0 Å². The first-order chi connectivity index (χ1) is 8.29. The average Bonchev–Trinajstić information content (AvgIpc) is 2.41. The first-order valence-corrected chi connectivity index (χ1v) is 6.45. The van der Waals surface area contributed by atoms with Gasteiger partial charge in [-0.3, -0.25) is 0 Å². The Hall–Kier alpha value is -0.930. The van der Waals surface area contributed by atoms with E-state index in [2.05, 4.69) is 10.6 Å². The van der Waals surface area contributed by atoms with Crippen molar-refractivity contribution >= 4 is 0 Å². The lowest BCUT2D eigenvalue weighted by molar-refractivity contribution is 0.336. The van der Waals surface area contributed by atoms with Crippen LogP contribution >= 0.6 is 0 Å². The van der Waals surface area contributed by atoms with E-state index in [0.717, 1.165) is 24.9 Å². The summed E-state index contributed by atoms with van der Waals surface area (Å²) in [5.41, 5.74) is 1.05. The molecule has 1 aromatic carbocycles. The predicted octanol–water partition coefficient (Wildman–Crippen LogP) is 3.11. The second-order valence-corrected chi connectivity index (χ2v) is 4.07. The van der Waals surface area contributed by atoms with Crippen LogP contribution in [0.3, 0.4) is 0 Å². The summed E-state index contributed by atoms with van der Waals surface area (Å²) in [6.45, 7) is 4.99. The monoisotopic (exact) mass is 240 g/mol. The van der Waals surface area contributed by atoms with E-state index in [1.165, 1.54) is 6.07 Å². The van der Waals surface area contributed by atoms with Crippen LogP contribution in [0.1, 0.15) is 39.7 Å². The van der Waals surface area contributed by atoms with Gasteiger partial charge in [0.15, 0.2) is 0 Å². The molecular formula is C14H25FN2. The van der Waals surface area contributed by atoms with Crippen molar-refractivity contribution in [1.82, 2.24) is 10.6 Å². The summed E-state index contributed by atoms with van der Waals surface area (Å²) in [5, 5.41) is 6.70. The Balaban J connectivity index is 0.000000917. The Morgan fingerprint density at radius 1 is 1.41 bits per heavy atom. The zero-order chi connectivity index (χ0) is 12.7. The molecule has 1 aliphatic heterocycles. The number of benzene rings is 1. The minimum absolute atomic E-state index is 0. The molecule has 0 radical (unpaired) electrons. The van der Waals surface area contributed by atoms with Crippen LogP contribution in [0, 0.1) is 5.82 Å². The minimum Gasteiger partial charge on any atom is -0.317 e. The molecule has 0 unspecified atom stereocenters. The fourth-order valence-corrected chi connectivity index (χ4v) is 2.16. The zero-order valence-electron chi connectivity index (χ0n) is 11.0. The van der Waals surface area contributed by atoms with Gasteiger partial charge in [-0.05, 0) is 44.1 Å². The number of hydrogen-bond donors (Lipinski definition) is 2. The maximum absolute atomic E-state index is 13.1. The van der Waals surface area contributed by atoms with Gasteiger partial charge in [-0.2, -0.15) is 0 Å². The third-order valence-electron chi connectivity index (χ3n) is 3.06. The summed E-state index contributed by atoms with van der Waals surface area (Å²) in [6.07, 6.45) is 2.17. The quantitative estimate of drug-likeness (QED) is 0.830. The van der Waals surface area contributed by atoms with E-state index in [-0.39, 0.29) is 13.3 Å². The Bertz CT molecular complexity index is 333. The van der Waals surface area contributed by atoms with Crippen LogP contribution < -0.4 is 10.6 Å². The van der Waals surface area contributed by atoms with E-state index in [1.807, 2.05) is 27.0 Å². The number of nitrogens with one attached hydrogen (secondary N) is 2. The van der Waals surface area contributed by atoms with Gasteiger partial charge < -0.3 is 10.6 Å². The molecule has 0 bridgehead atoms. The molecule has 1 heterocycles. The van der Waals surface area contributed by atoms with E-state index in [4.69, 9.17) is 0 Å². The highest BCUT2D eigenvalue weighted by Gasteiger charge is 2.21. The van der Waals surface area contributed by atoms with Crippen LogP contribution in [0.15, 0.2) is 24.3 Å². The third kappa shape index (κ3) is 4.10. The van der Waals surface area contributed by atoms with E-state index in [1.54, 1.807) is 12.1 Å². The molecule has 2 rings (SSSR count). The van der Waals surface area contributed by atoms with Crippen molar-refractivity contribution in [2.45, 2.75) is 38.8 Å². The molecule has 2 atom stereocenters. The summed E-state index contributed by atoms with van der Waals surface area (Å²) >= 11 is 0. The van der Waals surface area contributed by atoms with Crippen molar-refractivity contribution in [3.05, 3.63) is 35.6 Å². The smallest absolute Gasteiger partial charge is 0.123 e. The molecule has 17 heavy (non-hydrogen) atoms. The molecule has 1 fully saturated rings. The van der Waals surface area contributed by atoms with E-state index >= 15 is 0 Å². The van der Waals surface area contributed by atoms with Crippen LogP contribution in [-0.4, -0.2) is 19.6 Å². The molecule has 0 spiro atoms. The molecule has 1 aromatic rings. The summed E-state index contributed by atoms with van der Waals surface area (Å²) in [7, 11) is 1.98. The average molecular weight is 240 g/mol. The van der Waals surface area contributed by atoms with Gasteiger partial charge in [-0.25, -0.2) is 4.39 Å². The van der Waals surface area contributed by atoms with Gasteiger partial charge in [0.05, 0.1) is 0 Å². The number of piperidine rings is 1. The summed E-state index contributed by atoms with van der Waals surface area (Å²) < 4.78 is 13.1. The fraction of sp³-hybridized carbons (Fsp3) is 0.571. The Morgan fingerprint density at radius 2 is 2.18 bits per heavy atom. The molecule has 1 saturated heterocycles. The Labute approximate surface area is 105 Å². The lowest BCUT2D eigenvalue weighted by Gasteiger charge is -2.30. The van der Waals surface area contributed by atoms with Crippen molar-refractivity contribution in [3.8, 4) is 0 Å². The maximum atomic E-state index is 13.1. The minimum atomic E-state index is -0.152. The van der Waals surface area contributed by atoms with Crippen molar-refractivity contribution < 1.29 is 5.82 Å². The first-order valence-electron chi connectivity index (χ1n) is 6.45. The molecule has 2 nitrogen and oxygen atoms in total. The highest BCUT2D eigenvalue weighted by Crippen LogP contribution is 2.23. The predicted molar refractivity (Wildman–Crippen MR) is 72.7 cm³/mol. The summed E-state index contributed by atoms with van der Waals surface area (Å²) in [5.74, 6) is -0.152. The van der Waals surface area contributed by atoms with Crippen molar-refractivity contribution in [2.24, 2.45) is 0 Å². The standard InChI is InChI=1S/C12H17FN2.C2H6.H2/c1-14-11-5-6-15-12(8-11)9-3-2-4-10(13)7-9;1-2;/h2-4,7,11-12,14-15H,5-6,8H2,1H3;1-2H3;1H/t11-,12+;;/m1../s1. The molecule has 0 amide bonds. The van der Waals surface area contributed by atoms with Crippen LogP contribution in [0.4, 0.5) is 4.39 Å². The van der Waals surface area contributed by atoms with Crippen LogP contribution in [0.5, 0.6) is 0 Å². The fourth-order valence-electron chi connectivity index (χ4n) is 2.16. The topological polar surface area (TPSA) is 24.1 Å². The second kappa shape index (κ2) is 7.41. The van der Waals surface area contributed by atoms with Gasteiger partial charge in [0.25, 0.3) is 0 Å². The lowest BCUT2D eigenvalue weighted by Crippen LogP contribution is -2.40. The van der Waals surface area contributed by atoms with Crippen LogP contribution in [0.2, 0.25) is 0 Å². The molecule has 3 heteroatoms. The molecular weight excluding hydrogens is 215 g/mol. The highest BCUT2D eigenvalue weighted by atomic mass is 19.1. The third-order valence-corrected chi connectivity index (χ3v) is 3.06. The maximum Gasteiger partial charge on any atom is 0.123 e. The van der Waals surface area contributed by atoms with E-state index < -0.39 is 0 Å². The lowest BCUT2D eigenvalue weighted by atomic mass is 9.94. The van der Waals surface area contributed by atoms with E-state index in [9.17, 15) is 4.39 Å². The molecule has 2 N–H and O–H groups in total. The van der Waals surface area contributed by atoms with Crippen LogP contribution in [-0.2, 0) is 0 Å². The van der Waals surface area contributed by atoms with Crippen molar-refractivity contribution in [2.75, 3.05) is 13.6 Å². The normalized spacial score (nSPS) is 23.8. The molecule has 0 aliphatic carbocycles. The van der Waals surface area contributed by atoms with Gasteiger partial charge >= 0.3 is 0 Å². The summed E-state index contributed by atoms with van der Waals surface area (Å²) in [6, 6.07) is 7.69. The SMILES string of the molecule is CC.CN[C@@H]1CCN[C@H](c2cccc(F)c2)C1.[HH]. The highest BCUT2D eigenvalue weighted by molar-refractivity contribution is 5.21. The number of rotatable bonds is 2. The zero-order valence-corrected chi connectivity index (χ0v) is 11.0. The molecule has 98 valence electrons. The van der Waals surface area contributed by atoms with Crippen molar-refractivity contribution in [1.29, 1.82) is 0 Å².